The monoisotopic (exact) mass is 333 g/mol. The molecule has 1 aliphatic rings. The molecule has 1 saturated heterocycles. The highest BCUT2D eigenvalue weighted by molar-refractivity contribution is 5.84. The topological polar surface area (TPSA) is 107 Å². The summed E-state index contributed by atoms with van der Waals surface area (Å²) < 4.78 is 15.8. The number of methoxy groups -OCH3 is 1. The Morgan fingerprint density at radius 2 is 2.33 bits per heavy atom. The molecule has 3 rings (SSSR count). The number of carboxylic acids is 1. The predicted octanol–water partition coefficient (Wildman–Crippen LogP) is 2.03. The molecule has 3 heterocycles. The molecule has 2 aromatic rings. The number of carbonyl (C=O) groups is 1. The maximum Gasteiger partial charge on any atom is 0.371 e. The van der Waals surface area contributed by atoms with Crippen LogP contribution in [0.15, 0.2) is 22.6 Å². The molecule has 0 aliphatic carbocycles. The molecule has 0 unspecified atom stereocenters. The molecule has 1 aliphatic heterocycles. The molecule has 0 bridgehead atoms. The normalized spacial score (nSPS) is 17.1. The zero-order valence-corrected chi connectivity index (χ0v) is 13.3. The van der Waals surface area contributed by atoms with Crippen molar-refractivity contribution in [3.05, 3.63) is 41.2 Å². The van der Waals surface area contributed by atoms with Gasteiger partial charge < -0.3 is 24.3 Å². The lowest BCUT2D eigenvalue weighted by Gasteiger charge is -2.12. The van der Waals surface area contributed by atoms with Crippen LogP contribution in [0.5, 0.6) is 0 Å². The summed E-state index contributed by atoms with van der Waals surface area (Å²) in [7, 11) is 1.60. The Morgan fingerprint density at radius 3 is 3.00 bits per heavy atom. The van der Waals surface area contributed by atoms with Crippen molar-refractivity contribution in [2.24, 2.45) is 0 Å². The Bertz CT molecular complexity index is 709. The smallest absolute Gasteiger partial charge is 0.371 e. The molecule has 0 spiro atoms. The van der Waals surface area contributed by atoms with E-state index in [-0.39, 0.29) is 11.7 Å². The van der Waals surface area contributed by atoms with Crippen LogP contribution in [0.2, 0.25) is 0 Å². The molecule has 0 aromatic carbocycles. The standard InChI is InChI=1S/C16H19N3O5/c1-22-9-15-18-12(10-4-5-23-8-10)6-14(19-15)17-7-11-2-3-13(24-11)16(20)21/h2-3,6,10H,4-5,7-9H2,1H3,(H,20,21)(H,17,18,19)/t10-/m1/s1. The molecule has 24 heavy (non-hydrogen) atoms. The van der Waals surface area contributed by atoms with Crippen LogP contribution >= 0.6 is 0 Å². The van der Waals surface area contributed by atoms with Crippen LogP contribution in [0.3, 0.4) is 0 Å². The minimum Gasteiger partial charge on any atom is -0.475 e. The lowest BCUT2D eigenvalue weighted by Crippen LogP contribution is -2.10. The Morgan fingerprint density at radius 1 is 1.46 bits per heavy atom. The van der Waals surface area contributed by atoms with Crippen molar-refractivity contribution in [2.45, 2.75) is 25.5 Å². The van der Waals surface area contributed by atoms with Crippen molar-refractivity contribution in [3.8, 4) is 0 Å². The van der Waals surface area contributed by atoms with Crippen molar-refractivity contribution in [3.63, 3.8) is 0 Å². The van der Waals surface area contributed by atoms with Gasteiger partial charge in [-0.3, -0.25) is 0 Å². The third-order valence-corrected chi connectivity index (χ3v) is 3.73. The minimum atomic E-state index is -1.09. The van der Waals surface area contributed by atoms with E-state index in [1.165, 1.54) is 6.07 Å². The third kappa shape index (κ3) is 3.90. The number of aromatic carboxylic acids is 1. The number of nitrogens with zero attached hydrogens (tertiary/aromatic N) is 2. The van der Waals surface area contributed by atoms with Gasteiger partial charge in [-0.25, -0.2) is 14.8 Å². The number of nitrogens with one attached hydrogen (secondary N) is 1. The van der Waals surface area contributed by atoms with Crippen LogP contribution in [-0.2, 0) is 22.6 Å². The van der Waals surface area contributed by atoms with Crippen LogP contribution in [-0.4, -0.2) is 41.4 Å². The average molecular weight is 333 g/mol. The second-order valence-electron chi connectivity index (χ2n) is 5.51. The highest BCUT2D eigenvalue weighted by Gasteiger charge is 2.21. The van der Waals surface area contributed by atoms with Gasteiger partial charge in [-0.15, -0.1) is 0 Å². The van der Waals surface area contributed by atoms with Crippen LogP contribution < -0.4 is 5.32 Å². The van der Waals surface area contributed by atoms with Crippen molar-refractivity contribution in [1.82, 2.24) is 9.97 Å². The van der Waals surface area contributed by atoms with E-state index in [9.17, 15) is 4.79 Å². The maximum absolute atomic E-state index is 10.8. The molecule has 0 saturated carbocycles. The maximum atomic E-state index is 10.8. The number of aromatic nitrogens is 2. The van der Waals surface area contributed by atoms with E-state index >= 15 is 0 Å². The highest BCUT2D eigenvalue weighted by Crippen LogP contribution is 2.25. The summed E-state index contributed by atoms with van der Waals surface area (Å²) in [5, 5.41) is 12.0. The first kappa shape index (κ1) is 16.4. The van der Waals surface area contributed by atoms with Crippen molar-refractivity contribution in [2.75, 3.05) is 25.6 Å². The Balaban J connectivity index is 1.74. The molecule has 128 valence electrons. The predicted molar refractivity (Wildman–Crippen MR) is 83.9 cm³/mol. The summed E-state index contributed by atoms with van der Waals surface area (Å²) in [6.45, 7) is 2.04. The highest BCUT2D eigenvalue weighted by atomic mass is 16.5. The molecule has 8 nitrogen and oxygen atoms in total. The van der Waals surface area contributed by atoms with Gasteiger partial charge in [0.15, 0.2) is 5.82 Å². The second kappa shape index (κ2) is 7.41. The number of furan rings is 1. The van der Waals surface area contributed by atoms with Crippen molar-refractivity contribution >= 4 is 11.8 Å². The number of ether oxygens (including phenoxy) is 2. The van der Waals surface area contributed by atoms with E-state index in [2.05, 4.69) is 15.3 Å². The second-order valence-corrected chi connectivity index (χ2v) is 5.51. The van der Waals surface area contributed by atoms with Crippen molar-refractivity contribution < 1.29 is 23.8 Å². The lowest BCUT2D eigenvalue weighted by atomic mass is 10.0. The number of carboxylic acid groups (broad SMARTS) is 1. The molecular formula is C16H19N3O5. The first-order chi connectivity index (χ1) is 11.7. The van der Waals surface area contributed by atoms with Gasteiger partial charge in [0.1, 0.15) is 18.2 Å². The van der Waals surface area contributed by atoms with Gasteiger partial charge in [-0.05, 0) is 18.6 Å². The fourth-order valence-corrected chi connectivity index (χ4v) is 2.54. The summed E-state index contributed by atoms with van der Waals surface area (Å²) >= 11 is 0. The Labute approximate surface area is 138 Å². The molecule has 2 aromatic heterocycles. The van der Waals surface area contributed by atoms with Crippen LogP contribution in [0.1, 0.15) is 40.2 Å². The van der Waals surface area contributed by atoms with E-state index in [1.54, 1.807) is 13.2 Å². The fraction of sp³-hybridized carbons (Fsp3) is 0.438. The van der Waals surface area contributed by atoms with Gasteiger partial charge in [-0.1, -0.05) is 0 Å². The van der Waals surface area contributed by atoms with Gasteiger partial charge in [0.2, 0.25) is 5.76 Å². The zero-order valence-electron chi connectivity index (χ0n) is 13.3. The van der Waals surface area contributed by atoms with E-state index in [4.69, 9.17) is 19.0 Å². The van der Waals surface area contributed by atoms with E-state index < -0.39 is 5.97 Å². The SMILES string of the molecule is COCc1nc(NCc2ccc(C(=O)O)o2)cc([C@@H]2CCOC2)n1. The van der Waals surface area contributed by atoms with Gasteiger partial charge in [-0.2, -0.15) is 0 Å². The number of rotatable bonds is 7. The molecule has 0 amide bonds. The van der Waals surface area contributed by atoms with Gasteiger partial charge in [0, 0.05) is 25.7 Å². The van der Waals surface area contributed by atoms with Crippen LogP contribution in [0.4, 0.5) is 5.82 Å². The number of hydrogen-bond acceptors (Lipinski definition) is 7. The summed E-state index contributed by atoms with van der Waals surface area (Å²) in [6.07, 6.45) is 0.934. The summed E-state index contributed by atoms with van der Waals surface area (Å²) in [5.41, 5.74) is 0.919. The van der Waals surface area contributed by atoms with Gasteiger partial charge in [0.25, 0.3) is 0 Å². The molecule has 8 heteroatoms. The summed E-state index contributed by atoms with van der Waals surface area (Å²) in [6, 6.07) is 4.94. The van der Waals surface area contributed by atoms with Crippen LogP contribution in [0.25, 0.3) is 0 Å². The molecule has 2 N–H and O–H groups in total. The van der Waals surface area contributed by atoms with E-state index in [0.717, 1.165) is 18.7 Å². The first-order valence-electron chi connectivity index (χ1n) is 7.66. The summed E-state index contributed by atoms with van der Waals surface area (Å²) in [5.74, 6) is 0.839. The van der Waals surface area contributed by atoms with E-state index in [1.807, 2.05) is 6.07 Å². The zero-order chi connectivity index (χ0) is 16.9. The van der Waals surface area contributed by atoms with Crippen LogP contribution in [0, 0.1) is 0 Å². The van der Waals surface area contributed by atoms with Gasteiger partial charge >= 0.3 is 5.97 Å². The molecule has 1 atom stereocenters. The van der Waals surface area contributed by atoms with Gasteiger partial charge in [0.05, 0.1) is 18.8 Å². The Kier molecular flexibility index (Phi) is 5.07. The fourth-order valence-electron chi connectivity index (χ4n) is 2.54. The quantitative estimate of drug-likeness (QED) is 0.792. The summed E-state index contributed by atoms with van der Waals surface area (Å²) in [4.78, 5) is 19.8. The molecule has 0 radical (unpaired) electrons. The minimum absolute atomic E-state index is 0.0849. The van der Waals surface area contributed by atoms with Crippen molar-refractivity contribution in [1.29, 1.82) is 0 Å². The Hall–Kier alpha value is -2.45. The van der Waals surface area contributed by atoms with E-state index in [0.29, 0.717) is 37.2 Å². The molecular weight excluding hydrogens is 314 g/mol. The third-order valence-electron chi connectivity index (χ3n) is 3.73. The average Bonchev–Trinajstić information content (AvgIpc) is 3.25. The molecule has 1 fully saturated rings. The first-order valence-corrected chi connectivity index (χ1v) is 7.66. The largest absolute Gasteiger partial charge is 0.475 e. The lowest BCUT2D eigenvalue weighted by molar-refractivity contribution is 0.0660. The number of anilines is 1. The number of hydrogen-bond donors (Lipinski definition) is 2.